The fraction of sp³-hybridized carbons (Fsp3) is 0.217. The summed E-state index contributed by atoms with van der Waals surface area (Å²) in [6, 6.07) is 14.3. The van der Waals surface area contributed by atoms with Crippen LogP contribution >= 0.6 is 11.3 Å². The van der Waals surface area contributed by atoms with E-state index in [1.54, 1.807) is 37.5 Å². The minimum Gasteiger partial charge on any atom is -0.469 e. The number of benzene rings is 1. The van der Waals surface area contributed by atoms with Crippen molar-refractivity contribution in [3.8, 4) is 17.2 Å². The molecule has 1 N–H and O–H groups in total. The summed E-state index contributed by atoms with van der Waals surface area (Å²) in [4.78, 5) is 29.8. The van der Waals surface area contributed by atoms with E-state index in [1.807, 2.05) is 29.6 Å². The Kier molecular flexibility index (Phi) is 6.94. The Bertz CT molecular complexity index is 1070. The number of carbonyl (C=O) groups excluding carboxylic acids is 2. The summed E-state index contributed by atoms with van der Waals surface area (Å²) in [5, 5.41) is 13.9. The zero-order valence-electron chi connectivity index (χ0n) is 16.7. The number of ether oxygens (including phenoxy) is 1. The molecule has 1 amide bonds. The van der Waals surface area contributed by atoms with Crippen LogP contribution in [0.15, 0.2) is 60.2 Å². The largest absolute Gasteiger partial charge is 0.469 e. The van der Waals surface area contributed by atoms with Crippen LogP contribution in [0.5, 0.6) is 0 Å². The van der Waals surface area contributed by atoms with E-state index in [2.05, 4.69) is 16.4 Å². The van der Waals surface area contributed by atoms with E-state index in [0.29, 0.717) is 16.9 Å². The molecule has 2 atom stereocenters. The van der Waals surface area contributed by atoms with Crippen molar-refractivity contribution in [1.29, 1.82) is 5.26 Å². The molecule has 0 aliphatic heterocycles. The average Bonchev–Trinajstić information content (AvgIpc) is 3.28. The van der Waals surface area contributed by atoms with Crippen LogP contribution in [0.4, 0.5) is 0 Å². The van der Waals surface area contributed by atoms with Gasteiger partial charge in [0.25, 0.3) is 5.91 Å². The van der Waals surface area contributed by atoms with Crippen LogP contribution in [0.1, 0.15) is 27.7 Å². The number of carbonyl (C=O) groups is 2. The van der Waals surface area contributed by atoms with Crippen molar-refractivity contribution in [1.82, 2.24) is 10.3 Å². The van der Waals surface area contributed by atoms with E-state index in [4.69, 9.17) is 10.00 Å². The molecule has 0 bridgehead atoms. The van der Waals surface area contributed by atoms with Crippen molar-refractivity contribution in [2.24, 2.45) is 5.92 Å². The molecule has 3 rings (SSSR count). The van der Waals surface area contributed by atoms with Gasteiger partial charge in [0, 0.05) is 24.0 Å². The van der Waals surface area contributed by atoms with Crippen LogP contribution in [0.2, 0.25) is 0 Å². The minimum absolute atomic E-state index is 0.248. The van der Waals surface area contributed by atoms with Gasteiger partial charge in [-0.1, -0.05) is 18.2 Å². The number of thiophene rings is 1. The van der Waals surface area contributed by atoms with Gasteiger partial charge in [0.15, 0.2) is 0 Å². The number of nitriles is 1. The summed E-state index contributed by atoms with van der Waals surface area (Å²) < 4.78 is 4.95. The van der Waals surface area contributed by atoms with Crippen molar-refractivity contribution < 1.29 is 14.3 Å². The number of methoxy groups -OCH3 is 1. The Morgan fingerprint density at radius 2 is 2.07 bits per heavy atom. The Balaban J connectivity index is 1.73. The number of aromatic nitrogens is 1. The van der Waals surface area contributed by atoms with E-state index in [9.17, 15) is 9.59 Å². The predicted octanol–water partition coefficient (Wildman–Crippen LogP) is 3.83. The third kappa shape index (κ3) is 5.10. The first kappa shape index (κ1) is 21.2. The number of hydrogen-bond donors (Lipinski definition) is 1. The monoisotopic (exact) mass is 419 g/mol. The Morgan fingerprint density at radius 3 is 2.77 bits per heavy atom. The Morgan fingerprint density at radius 1 is 1.23 bits per heavy atom. The van der Waals surface area contributed by atoms with Crippen LogP contribution in [0.25, 0.3) is 11.1 Å². The maximum Gasteiger partial charge on any atom is 0.311 e. The van der Waals surface area contributed by atoms with Gasteiger partial charge in [-0.15, -0.1) is 11.3 Å². The van der Waals surface area contributed by atoms with Gasteiger partial charge in [-0.05, 0) is 54.1 Å². The molecule has 0 spiro atoms. The molecule has 0 radical (unpaired) electrons. The SMILES string of the molecule is COC(=O)C(Cc1cccc(C#N)c1)C(C)NC(=O)c1cc(-c2cccnc2)cs1. The molecule has 6 nitrogen and oxygen atoms in total. The second-order valence-electron chi connectivity index (χ2n) is 6.85. The van der Waals surface area contributed by atoms with Crippen LogP contribution in [-0.2, 0) is 16.0 Å². The van der Waals surface area contributed by atoms with Gasteiger partial charge in [-0.2, -0.15) is 5.26 Å². The van der Waals surface area contributed by atoms with E-state index >= 15 is 0 Å². The Labute approximate surface area is 179 Å². The second kappa shape index (κ2) is 9.81. The van der Waals surface area contributed by atoms with Crippen LogP contribution in [0.3, 0.4) is 0 Å². The molecular weight excluding hydrogens is 398 g/mol. The first-order valence-corrected chi connectivity index (χ1v) is 10.3. The molecule has 0 saturated carbocycles. The maximum absolute atomic E-state index is 12.8. The molecule has 0 fully saturated rings. The molecule has 2 unspecified atom stereocenters. The lowest BCUT2D eigenvalue weighted by Crippen LogP contribution is -2.42. The van der Waals surface area contributed by atoms with E-state index < -0.39 is 17.9 Å². The molecule has 7 heteroatoms. The quantitative estimate of drug-likeness (QED) is 0.588. The third-order valence-corrected chi connectivity index (χ3v) is 5.73. The number of esters is 1. The van der Waals surface area contributed by atoms with E-state index in [1.165, 1.54) is 18.4 Å². The summed E-state index contributed by atoms with van der Waals surface area (Å²) >= 11 is 1.34. The summed E-state index contributed by atoms with van der Waals surface area (Å²) in [5.74, 6) is -1.24. The highest BCUT2D eigenvalue weighted by Crippen LogP contribution is 2.25. The van der Waals surface area contributed by atoms with Gasteiger partial charge >= 0.3 is 5.97 Å². The normalized spacial score (nSPS) is 12.4. The maximum atomic E-state index is 12.8. The van der Waals surface area contributed by atoms with E-state index in [0.717, 1.165) is 16.7 Å². The van der Waals surface area contributed by atoms with Gasteiger partial charge in [0.2, 0.25) is 0 Å². The zero-order valence-corrected chi connectivity index (χ0v) is 17.5. The fourth-order valence-corrected chi connectivity index (χ4v) is 3.98. The number of hydrogen-bond acceptors (Lipinski definition) is 6. The second-order valence-corrected chi connectivity index (χ2v) is 7.76. The van der Waals surface area contributed by atoms with Crippen molar-refractivity contribution in [3.63, 3.8) is 0 Å². The molecule has 152 valence electrons. The third-order valence-electron chi connectivity index (χ3n) is 4.80. The molecule has 30 heavy (non-hydrogen) atoms. The smallest absolute Gasteiger partial charge is 0.311 e. The Hall–Kier alpha value is -3.50. The molecule has 1 aromatic carbocycles. The fourth-order valence-electron chi connectivity index (χ4n) is 3.16. The van der Waals surface area contributed by atoms with Gasteiger partial charge in [-0.3, -0.25) is 14.6 Å². The van der Waals surface area contributed by atoms with Crippen molar-refractivity contribution >= 4 is 23.2 Å². The van der Waals surface area contributed by atoms with Crippen LogP contribution in [-0.4, -0.2) is 30.0 Å². The lowest BCUT2D eigenvalue weighted by Gasteiger charge is -2.23. The summed E-state index contributed by atoms with van der Waals surface area (Å²) in [6.45, 7) is 1.78. The number of nitrogens with zero attached hydrogens (tertiary/aromatic N) is 2. The molecule has 2 heterocycles. The van der Waals surface area contributed by atoms with Crippen LogP contribution < -0.4 is 5.32 Å². The molecule has 0 aliphatic rings. The number of rotatable bonds is 7. The standard InChI is InChI=1S/C23H21N3O3S/c1-15(20(23(28)29-2)10-16-5-3-6-17(9-16)12-24)26-22(27)21-11-19(14-30-21)18-7-4-8-25-13-18/h3-9,11,13-15,20H,10H2,1-2H3,(H,26,27). The van der Waals surface area contributed by atoms with Crippen molar-refractivity contribution in [2.45, 2.75) is 19.4 Å². The highest BCUT2D eigenvalue weighted by atomic mass is 32.1. The highest BCUT2D eigenvalue weighted by Gasteiger charge is 2.28. The number of pyridine rings is 1. The number of amides is 1. The first-order chi connectivity index (χ1) is 14.5. The molecule has 0 saturated heterocycles. The van der Waals surface area contributed by atoms with Gasteiger partial charge in [-0.25, -0.2) is 0 Å². The van der Waals surface area contributed by atoms with Crippen molar-refractivity contribution in [3.05, 3.63) is 76.2 Å². The van der Waals surface area contributed by atoms with Gasteiger partial charge < -0.3 is 10.1 Å². The van der Waals surface area contributed by atoms with Crippen LogP contribution in [0, 0.1) is 17.2 Å². The molecule has 0 aliphatic carbocycles. The lowest BCUT2D eigenvalue weighted by atomic mass is 9.92. The summed E-state index contributed by atoms with van der Waals surface area (Å²) in [6.07, 6.45) is 3.80. The molecule has 2 aromatic heterocycles. The van der Waals surface area contributed by atoms with Gasteiger partial charge in [0.05, 0.1) is 29.5 Å². The highest BCUT2D eigenvalue weighted by molar-refractivity contribution is 7.12. The topological polar surface area (TPSA) is 92.1 Å². The lowest BCUT2D eigenvalue weighted by molar-refractivity contribution is -0.146. The molecular formula is C23H21N3O3S. The first-order valence-electron chi connectivity index (χ1n) is 9.38. The van der Waals surface area contributed by atoms with Crippen molar-refractivity contribution in [2.75, 3.05) is 7.11 Å². The molecule has 3 aromatic rings. The minimum atomic E-state index is -0.578. The van der Waals surface area contributed by atoms with Gasteiger partial charge in [0.1, 0.15) is 0 Å². The summed E-state index contributed by atoms with van der Waals surface area (Å²) in [7, 11) is 1.33. The van der Waals surface area contributed by atoms with E-state index in [-0.39, 0.29) is 5.91 Å². The zero-order chi connectivity index (χ0) is 21.5. The summed E-state index contributed by atoms with van der Waals surface area (Å²) in [5.41, 5.74) is 3.21. The number of nitrogens with one attached hydrogen (secondary N) is 1. The average molecular weight is 420 g/mol. The predicted molar refractivity (Wildman–Crippen MR) is 115 cm³/mol.